The van der Waals surface area contributed by atoms with Crippen molar-refractivity contribution >= 4 is 140 Å². The number of rotatable bonds is 26. The molecule has 5 aromatic rings. The molecule has 0 bridgehead atoms. The third kappa shape index (κ3) is 28.6. The average Bonchev–Trinajstić information content (AvgIpc) is 1.56. The van der Waals surface area contributed by atoms with Gasteiger partial charge in [0.25, 0.3) is 0 Å². The molecule has 3 aromatic carbocycles. The van der Waals surface area contributed by atoms with Crippen LogP contribution < -0.4 is 76.1 Å². The molecule has 0 radical (unpaired) electrons. The lowest BCUT2D eigenvalue weighted by Crippen LogP contribution is -2.62. The van der Waals surface area contributed by atoms with Gasteiger partial charge in [-0.1, -0.05) is 88.1 Å². The van der Waals surface area contributed by atoms with Crippen LogP contribution >= 0.6 is 11.8 Å². The summed E-state index contributed by atoms with van der Waals surface area (Å²) in [5, 5.41) is 69.3. The number of phenols is 1. The number of carbonyl (C=O) groups is 18. The molecule has 0 unspecified atom stereocenters. The molecule has 0 saturated carbocycles. The summed E-state index contributed by atoms with van der Waals surface area (Å²) in [7, 11) is 2.73. The van der Waals surface area contributed by atoms with E-state index in [4.69, 9.17) is 22.9 Å². The third-order valence-corrected chi connectivity index (χ3v) is 25.3. The van der Waals surface area contributed by atoms with Crippen molar-refractivity contribution in [2.24, 2.45) is 22.9 Å². The van der Waals surface area contributed by atoms with Gasteiger partial charge in [0.15, 0.2) is 0 Å². The van der Waals surface area contributed by atoms with Gasteiger partial charge >= 0.3 is 11.9 Å². The van der Waals surface area contributed by atoms with Crippen LogP contribution in [-0.2, 0) is 106 Å². The molecular formula is C89H125N21O22S. The lowest BCUT2D eigenvalue weighted by atomic mass is 9.97. The predicted molar refractivity (Wildman–Crippen MR) is 485 cm³/mol. The Morgan fingerprint density at radius 3 is 1.59 bits per heavy atom. The van der Waals surface area contributed by atoms with Gasteiger partial charge in [0, 0.05) is 112 Å². The van der Waals surface area contributed by atoms with Crippen molar-refractivity contribution in [1.29, 1.82) is 0 Å². The number of aliphatic carboxylic acids is 2. The Labute approximate surface area is 772 Å². The highest BCUT2D eigenvalue weighted by atomic mass is 32.2. The second-order valence-electron chi connectivity index (χ2n) is 33.9. The fraction of sp³-hybridized carbons (Fsp3) is 0.551. The number of amides is 16. The number of fused-ring (bicyclic) bond motifs is 5. The normalized spacial score (nSPS) is 25.4. The number of nitrogens with one attached hydrogen (secondary N) is 12. The van der Waals surface area contributed by atoms with E-state index in [0.29, 0.717) is 77.0 Å². The molecule has 2 aromatic heterocycles. The van der Waals surface area contributed by atoms with Crippen molar-refractivity contribution < 1.29 is 107 Å². The molecule has 43 nitrogen and oxygen atoms in total. The number of carboxylic acid groups (broad SMARTS) is 2. The van der Waals surface area contributed by atoms with Gasteiger partial charge < -0.3 is 131 Å². The van der Waals surface area contributed by atoms with E-state index in [1.807, 2.05) is 13.8 Å². The second kappa shape index (κ2) is 50.2. The van der Waals surface area contributed by atoms with E-state index in [1.165, 1.54) is 48.2 Å². The van der Waals surface area contributed by atoms with Crippen LogP contribution in [0.1, 0.15) is 146 Å². The van der Waals surface area contributed by atoms with E-state index in [2.05, 4.69) is 63.1 Å². The quantitative estimate of drug-likeness (QED) is 0.0260. The number of carbonyl (C=O) groups excluding carboxylic acids is 16. The van der Waals surface area contributed by atoms with Gasteiger partial charge in [-0.05, 0) is 125 Å². The van der Waals surface area contributed by atoms with Gasteiger partial charge in [0.1, 0.15) is 90.3 Å². The number of nitrogens with two attached hydrogens (primary N) is 4. The molecule has 0 aliphatic carbocycles. The number of primary amides is 1. The molecule has 4 fully saturated rings. The number of aromatic hydroxyl groups is 1. The van der Waals surface area contributed by atoms with E-state index in [9.17, 15) is 68.4 Å². The summed E-state index contributed by atoms with van der Waals surface area (Å²) in [6.07, 6.45) is 0.0492. The minimum absolute atomic E-state index is 0.000620. The number of aliphatic hydroxyl groups excluding tert-OH is 1. The number of benzene rings is 3. The molecule has 44 heteroatoms. The molecule has 0 spiro atoms. The lowest BCUT2D eigenvalue weighted by Gasteiger charge is -2.38. The maximum atomic E-state index is 15.8. The Kier molecular flexibility index (Phi) is 39.2. The van der Waals surface area contributed by atoms with Crippen LogP contribution in [0.25, 0.3) is 21.8 Å². The molecule has 724 valence electrons. The van der Waals surface area contributed by atoms with Crippen LogP contribution in [-0.4, -0.2) is 323 Å². The Balaban J connectivity index is 1.09. The van der Waals surface area contributed by atoms with Crippen molar-refractivity contribution in [3.05, 3.63) is 102 Å². The molecule has 4 saturated heterocycles. The number of thioether (sulfide) groups is 1. The summed E-state index contributed by atoms with van der Waals surface area (Å²) in [5.41, 5.74) is 26.5. The van der Waals surface area contributed by atoms with E-state index >= 15 is 38.4 Å². The first-order chi connectivity index (χ1) is 63.6. The first-order valence-electron chi connectivity index (χ1n) is 45.0. The maximum absolute atomic E-state index is 15.8. The Bertz CT molecular complexity index is 5000. The van der Waals surface area contributed by atoms with Gasteiger partial charge in [-0.25, -0.2) is 0 Å². The van der Waals surface area contributed by atoms with Crippen LogP contribution in [0.2, 0.25) is 0 Å². The zero-order valence-electron chi connectivity index (χ0n) is 75.0. The number of likely N-dealkylation sites (N-methyl/N-ethyl adjacent to an activating group) is 2. The number of carboxylic acids is 2. The first-order valence-corrected chi connectivity index (χ1v) is 46.1. The molecule has 16 amide bonds. The number of aliphatic hydroxyl groups is 1. The fourth-order valence-corrected chi connectivity index (χ4v) is 17.9. The number of hydrogen-bond acceptors (Lipinski definition) is 24. The van der Waals surface area contributed by atoms with Gasteiger partial charge in [-0.2, -0.15) is 0 Å². The smallest absolute Gasteiger partial charge is 0.305 e. The van der Waals surface area contributed by atoms with E-state index in [-0.39, 0.29) is 103 Å². The number of H-pyrrole nitrogens is 2. The summed E-state index contributed by atoms with van der Waals surface area (Å²) < 4.78 is 0. The van der Waals surface area contributed by atoms with Crippen molar-refractivity contribution in [1.82, 2.24) is 87.6 Å². The molecule has 24 N–H and O–H groups in total. The Hall–Kier alpha value is -12.8. The molecule has 4 aliphatic rings. The molecule has 15 atom stereocenters. The van der Waals surface area contributed by atoms with Crippen LogP contribution in [0.5, 0.6) is 5.75 Å². The zero-order chi connectivity index (χ0) is 96.9. The number of aromatic amines is 2. The Morgan fingerprint density at radius 2 is 0.985 bits per heavy atom. The molecular weight excluding hydrogens is 1750 g/mol. The molecule has 6 heterocycles. The summed E-state index contributed by atoms with van der Waals surface area (Å²) >= 11 is 0.781. The topological polar surface area (TPSA) is 660 Å². The number of hydrogen-bond donors (Lipinski definition) is 20. The SMILES string of the molecule is CCCC[C@H]1C(=O)N(C)[C@@H](CCCC)C(=O)N[C@@H](CCCN)C(=O)N[C@H](C(=O)NCC(N)=O)CSCC(=O)N[C@@H](Cc2ccc(O)cc2)C(=O)N2CCCC[C@H]2C(=O)N[C@@H](CC(=O)O)C(=O)N2CCC[C@H]2C(=O)N[C@@H](CN)C(=O)N[C@@H](CCC(=O)O)C(=O)N2C[C@H](O)C[C@H]2C(=O)N[C@@H](Cc2c[nH]c3ccccc23)C(=O)N[C@@H](CCN)C(=O)N[C@@H](Cc2c[nH]c3ccccc23)C(=O)N1C. The third-order valence-electron chi connectivity index (χ3n) is 24.3. The van der Waals surface area contributed by atoms with Crippen molar-refractivity contribution in [2.75, 3.05) is 71.4 Å². The van der Waals surface area contributed by atoms with Crippen molar-refractivity contribution in [2.45, 2.75) is 239 Å². The minimum Gasteiger partial charge on any atom is -0.508 e. The number of piperidine rings is 1. The molecule has 4 aliphatic heterocycles. The van der Waals surface area contributed by atoms with Crippen LogP contribution in [0.4, 0.5) is 0 Å². The summed E-state index contributed by atoms with van der Waals surface area (Å²) in [6.45, 7) is 1.15. The van der Waals surface area contributed by atoms with Gasteiger partial charge in [0.2, 0.25) is 94.5 Å². The Morgan fingerprint density at radius 1 is 0.481 bits per heavy atom. The number of phenolic OH excluding ortho intramolecular Hbond substituents is 1. The van der Waals surface area contributed by atoms with E-state index in [0.717, 1.165) is 26.5 Å². The highest BCUT2D eigenvalue weighted by molar-refractivity contribution is 8.00. The second-order valence-corrected chi connectivity index (χ2v) is 35.0. The molecule has 133 heavy (non-hydrogen) atoms. The number of para-hydroxylation sites is 2. The molecule has 9 rings (SSSR count). The van der Waals surface area contributed by atoms with Crippen LogP contribution in [0.3, 0.4) is 0 Å². The first kappa shape index (κ1) is 104. The highest BCUT2D eigenvalue weighted by Crippen LogP contribution is 2.29. The summed E-state index contributed by atoms with van der Waals surface area (Å²) in [5.74, 6) is -19.4. The zero-order valence-corrected chi connectivity index (χ0v) is 75.9. The number of nitrogens with zero attached hydrogens (tertiary/aromatic N) is 5. The van der Waals surface area contributed by atoms with Gasteiger partial charge in [0.05, 0.1) is 24.8 Å². The summed E-state index contributed by atoms with van der Waals surface area (Å²) in [4.78, 5) is 273. The highest BCUT2D eigenvalue weighted by Gasteiger charge is 2.47. The van der Waals surface area contributed by atoms with Gasteiger partial charge in [-0.3, -0.25) is 86.3 Å². The van der Waals surface area contributed by atoms with E-state index in [1.54, 1.807) is 60.9 Å². The minimum atomic E-state index is -1.91. The van der Waals surface area contributed by atoms with Crippen molar-refractivity contribution in [3.8, 4) is 5.75 Å². The average molecular weight is 1870 g/mol. The van der Waals surface area contributed by atoms with Crippen LogP contribution in [0, 0.1) is 0 Å². The standard InChI is InChI=1S/C89H125N21O22S/c1-5-7-22-67-81(124)99-58(21-15-33-90)77(120)105-66(76(119)96-45-72(93)113)47-133-48-73(114)97-62(37-49-26-28-52(111)29-27-49)87(130)108-35-14-13-24-68(108)82(125)103-64(41-75(117)118)88(131)109-36-16-25-69(109)83(126)104-65(42-92)80(123)100-60(30-31-74(115)116)86(129)110-46-53(112)40-71(110)84(127)101-61(38-50-43-94-56-19-11-9-17-54(50)56)79(122)98-59(32-34-91)78(121)102-63(39-51-44-95-57-20-12-10-18-55(51)57)85(128)107(4)70(23-8-6-2)89(132)106(67)3/h9-12,17-20,26-29,43-44,53,58-71,94-95,111-112H,5-8,13-16,21-25,30-42,45-48,90-92H2,1-4H3,(H2,93,113)(H,96,119)(H,97,114)(H,98,122)(H,99,124)(H,100,123)(H,101,127)(H,102,121)(H,103,125)(H,104,126)(H,105,120)(H,115,116)(H,117,118)/t53-,58+,59+,60+,61+,62+,63+,64+,65+,66+,67+,68+,69+,70+,71+/m1/s1. The largest absolute Gasteiger partial charge is 0.508 e. The fourth-order valence-electron chi connectivity index (χ4n) is 17.1. The van der Waals surface area contributed by atoms with Crippen molar-refractivity contribution in [3.63, 3.8) is 0 Å². The number of unbranched alkanes of at least 4 members (excludes halogenated alkanes) is 2. The predicted octanol–water partition coefficient (Wildman–Crippen LogP) is -3.15. The lowest BCUT2D eigenvalue weighted by molar-refractivity contribution is -0.149. The monoisotopic (exact) mass is 1870 g/mol. The van der Waals surface area contributed by atoms with Gasteiger partial charge in [-0.15, -0.1) is 11.8 Å². The van der Waals surface area contributed by atoms with E-state index < -0.39 is 254 Å². The summed E-state index contributed by atoms with van der Waals surface area (Å²) in [6, 6.07) is -2.43. The van der Waals surface area contributed by atoms with Crippen LogP contribution in [0.15, 0.2) is 85.2 Å². The maximum Gasteiger partial charge on any atom is 0.305 e. The number of aromatic nitrogens is 2.